The largest absolute Gasteiger partial charge is 0.467 e. The van der Waals surface area contributed by atoms with Gasteiger partial charge in [-0.15, -0.1) is 0 Å². The standard InChI is InChI=1S/C19H27FN4O3/c1-21-19(24-3-2-17(11-24)23-4-6-25-7-5-23)22-10-14-8-16(20)9-15-12-26-13-27-18(14)15/h8-9,17H,2-7,10-13H2,1H3,(H,21,22). The van der Waals surface area contributed by atoms with Crippen LogP contribution in [0.2, 0.25) is 0 Å². The zero-order valence-corrected chi connectivity index (χ0v) is 15.7. The summed E-state index contributed by atoms with van der Waals surface area (Å²) in [4.78, 5) is 9.21. The molecule has 2 saturated heterocycles. The molecule has 1 N–H and O–H groups in total. The first-order valence-corrected chi connectivity index (χ1v) is 9.54. The van der Waals surface area contributed by atoms with Gasteiger partial charge >= 0.3 is 0 Å². The Morgan fingerprint density at radius 3 is 2.93 bits per heavy atom. The van der Waals surface area contributed by atoms with Crippen molar-refractivity contribution < 1.29 is 18.6 Å². The molecule has 0 spiro atoms. The molecule has 148 valence electrons. The molecule has 27 heavy (non-hydrogen) atoms. The summed E-state index contributed by atoms with van der Waals surface area (Å²) >= 11 is 0. The Hall–Kier alpha value is -1.90. The van der Waals surface area contributed by atoms with Crippen LogP contribution in [0.25, 0.3) is 0 Å². The Kier molecular flexibility index (Phi) is 5.75. The van der Waals surface area contributed by atoms with E-state index in [1.807, 2.05) is 0 Å². The first kappa shape index (κ1) is 18.5. The molecular weight excluding hydrogens is 351 g/mol. The number of nitrogens with one attached hydrogen (secondary N) is 1. The number of nitrogens with zero attached hydrogens (tertiary/aromatic N) is 3. The van der Waals surface area contributed by atoms with E-state index in [9.17, 15) is 4.39 Å². The molecule has 3 aliphatic rings. The summed E-state index contributed by atoms with van der Waals surface area (Å²) in [6, 6.07) is 3.53. The Labute approximate surface area is 159 Å². The van der Waals surface area contributed by atoms with Gasteiger partial charge in [0.15, 0.2) is 12.8 Å². The minimum atomic E-state index is -0.275. The monoisotopic (exact) mass is 378 g/mol. The fourth-order valence-electron chi connectivity index (χ4n) is 4.07. The number of hydrogen-bond donors (Lipinski definition) is 1. The second-order valence-electron chi connectivity index (χ2n) is 7.10. The van der Waals surface area contributed by atoms with Crippen LogP contribution in [0.15, 0.2) is 17.1 Å². The van der Waals surface area contributed by atoms with Crippen molar-refractivity contribution in [2.75, 3.05) is 53.2 Å². The normalized spacial score (nSPS) is 23.9. The third-order valence-electron chi connectivity index (χ3n) is 5.43. The number of benzene rings is 1. The molecule has 0 aromatic heterocycles. The lowest BCUT2D eigenvalue weighted by atomic mass is 10.1. The van der Waals surface area contributed by atoms with E-state index < -0.39 is 0 Å². The van der Waals surface area contributed by atoms with Gasteiger partial charge in [0, 0.05) is 56.9 Å². The summed E-state index contributed by atoms with van der Waals surface area (Å²) < 4.78 is 30.2. The lowest BCUT2D eigenvalue weighted by Crippen LogP contribution is -2.46. The van der Waals surface area contributed by atoms with E-state index in [-0.39, 0.29) is 12.6 Å². The van der Waals surface area contributed by atoms with Crippen LogP contribution in [-0.4, -0.2) is 75.0 Å². The van der Waals surface area contributed by atoms with Crippen LogP contribution in [0.3, 0.4) is 0 Å². The minimum absolute atomic E-state index is 0.202. The predicted octanol–water partition coefficient (Wildman–Crippen LogP) is 1.17. The van der Waals surface area contributed by atoms with Crippen LogP contribution < -0.4 is 10.1 Å². The van der Waals surface area contributed by atoms with Gasteiger partial charge in [-0.2, -0.15) is 0 Å². The molecule has 0 bridgehead atoms. The fourth-order valence-corrected chi connectivity index (χ4v) is 4.07. The smallest absolute Gasteiger partial charge is 0.193 e. The quantitative estimate of drug-likeness (QED) is 0.630. The van der Waals surface area contributed by atoms with E-state index in [1.165, 1.54) is 12.1 Å². The molecule has 0 radical (unpaired) electrons. The minimum Gasteiger partial charge on any atom is -0.467 e. The number of hydrogen-bond acceptors (Lipinski definition) is 5. The van der Waals surface area contributed by atoms with Gasteiger partial charge in [0.1, 0.15) is 11.6 Å². The fraction of sp³-hybridized carbons (Fsp3) is 0.632. The van der Waals surface area contributed by atoms with E-state index in [0.29, 0.717) is 19.2 Å². The third-order valence-corrected chi connectivity index (χ3v) is 5.43. The highest BCUT2D eigenvalue weighted by atomic mass is 19.1. The number of rotatable bonds is 3. The van der Waals surface area contributed by atoms with Gasteiger partial charge in [0.2, 0.25) is 0 Å². The Morgan fingerprint density at radius 2 is 2.11 bits per heavy atom. The molecule has 0 saturated carbocycles. The maximum Gasteiger partial charge on any atom is 0.193 e. The summed E-state index contributed by atoms with van der Waals surface area (Å²) in [5.41, 5.74) is 1.54. The Balaban J connectivity index is 1.38. The molecule has 1 unspecified atom stereocenters. The molecule has 0 aliphatic carbocycles. The molecule has 8 heteroatoms. The maximum absolute atomic E-state index is 13.9. The molecular formula is C19H27FN4O3. The maximum atomic E-state index is 13.9. The highest BCUT2D eigenvalue weighted by Crippen LogP contribution is 2.29. The zero-order valence-electron chi connectivity index (χ0n) is 15.7. The van der Waals surface area contributed by atoms with Crippen molar-refractivity contribution in [2.45, 2.75) is 25.6 Å². The van der Waals surface area contributed by atoms with E-state index >= 15 is 0 Å². The summed E-state index contributed by atoms with van der Waals surface area (Å²) in [6.45, 7) is 6.59. The molecule has 1 atom stereocenters. The first-order valence-electron chi connectivity index (χ1n) is 9.54. The van der Waals surface area contributed by atoms with Crippen molar-refractivity contribution in [2.24, 2.45) is 4.99 Å². The lowest BCUT2D eigenvalue weighted by Gasteiger charge is -2.32. The van der Waals surface area contributed by atoms with Gasteiger partial charge in [-0.1, -0.05) is 0 Å². The van der Waals surface area contributed by atoms with E-state index in [0.717, 1.165) is 68.6 Å². The van der Waals surface area contributed by atoms with Gasteiger partial charge in [-0.3, -0.25) is 9.89 Å². The molecule has 3 heterocycles. The van der Waals surface area contributed by atoms with E-state index in [4.69, 9.17) is 14.2 Å². The Bertz CT molecular complexity index is 694. The van der Waals surface area contributed by atoms with Crippen LogP contribution in [0.4, 0.5) is 4.39 Å². The average molecular weight is 378 g/mol. The van der Waals surface area contributed by atoms with Crippen molar-refractivity contribution in [3.05, 3.63) is 29.1 Å². The summed E-state index contributed by atoms with van der Waals surface area (Å²) in [6.07, 6.45) is 1.12. The van der Waals surface area contributed by atoms with Gasteiger partial charge in [0.25, 0.3) is 0 Å². The second kappa shape index (κ2) is 8.41. The summed E-state index contributed by atoms with van der Waals surface area (Å²) in [5, 5.41) is 3.37. The van der Waals surface area contributed by atoms with Gasteiger partial charge < -0.3 is 24.4 Å². The van der Waals surface area contributed by atoms with Crippen molar-refractivity contribution in [3.8, 4) is 5.75 Å². The Morgan fingerprint density at radius 1 is 1.26 bits per heavy atom. The van der Waals surface area contributed by atoms with E-state index in [2.05, 4.69) is 20.1 Å². The number of aliphatic imine (C=N–C) groups is 1. The lowest BCUT2D eigenvalue weighted by molar-refractivity contribution is -0.0173. The molecule has 4 rings (SSSR count). The number of fused-ring (bicyclic) bond motifs is 1. The van der Waals surface area contributed by atoms with Crippen LogP contribution in [0.5, 0.6) is 5.75 Å². The van der Waals surface area contributed by atoms with Crippen LogP contribution in [0, 0.1) is 5.82 Å². The number of guanidine groups is 1. The third kappa shape index (κ3) is 4.17. The average Bonchev–Trinajstić information content (AvgIpc) is 3.19. The number of halogens is 1. The number of ether oxygens (including phenoxy) is 3. The molecule has 3 aliphatic heterocycles. The molecule has 1 aromatic carbocycles. The molecule has 7 nitrogen and oxygen atoms in total. The number of likely N-dealkylation sites (tertiary alicyclic amines) is 1. The molecule has 2 fully saturated rings. The van der Waals surface area contributed by atoms with Gasteiger partial charge in [-0.25, -0.2) is 4.39 Å². The highest BCUT2D eigenvalue weighted by molar-refractivity contribution is 5.80. The van der Waals surface area contributed by atoms with Crippen molar-refractivity contribution in [3.63, 3.8) is 0 Å². The topological polar surface area (TPSA) is 58.6 Å². The van der Waals surface area contributed by atoms with Crippen molar-refractivity contribution in [1.29, 1.82) is 0 Å². The molecule has 1 aromatic rings. The molecule has 0 amide bonds. The number of morpholine rings is 1. The van der Waals surface area contributed by atoms with Crippen LogP contribution >= 0.6 is 0 Å². The summed E-state index contributed by atoms with van der Waals surface area (Å²) in [7, 11) is 1.79. The predicted molar refractivity (Wildman–Crippen MR) is 99.3 cm³/mol. The van der Waals surface area contributed by atoms with Crippen LogP contribution in [-0.2, 0) is 22.6 Å². The van der Waals surface area contributed by atoms with Crippen LogP contribution in [0.1, 0.15) is 17.5 Å². The van der Waals surface area contributed by atoms with Gasteiger partial charge in [0.05, 0.1) is 19.8 Å². The summed E-state index contributed by atoms with van der Waals surface area (Å²) in [5.74, 6) is 1.29. The van der Waals surface area contributed by atoms with Gasteiger partial charge in [-0.05, 0) is 18.6 Å². The van der Waals surface area contributed by atoms with E-state index in [1.54, 1.807) is 7.05 Å². The first-order chi connectivity index (χ1) is 13.2. The second-order valence-corrected chi connectivity index (χ2v) is 7.10. The highest BCUT2D eigenvalue weighted by Gasteiger charge is 2.30. The SMILES string of the molecule is CN=C(NCc1cc(F)cc2c1OCOC2)N1CCC(N2CCOCC2)C1. The van der Waals surface area contributed by atoms with Crippen molar-refractivity contribution >= 4 is 5.96 Å². The van der Waals surface area contributed by atoms with Crippen molar-refractivity contribution in [1.82, 2.24) is 15.1 Å². The zero-order chi connectivity index (χ0) is 18.6.